The molecule has 3 rings (SSSR count). The summed E-state index contributed by atoms with van der Waals surface area (Å²) in [5, 5.41) is 12.7. The molecule has 2 aliphatic rings. The molecule has 110 valence electrons. The lowest BCUT2D eigenvalue weighted by molar-refractivity contribution is 0.173. The van der Waals surface area contributed by atoms with Gasteiger partial charge in [-0.15, -0.1) is 0 Å². The topological polar surface area (TPSA) is 54.0 Å². The van der Waals surface area contributed by atoms with Gasteiger partial charge in [-0.3, -0.25) is 4.90 Å². The van der Waals surface area contributed by atoms with E-state index in [4.69, 9.17) is 9.47 Å². The van der Waals surface area contributed by atoms with Crippen molar-refractivity contribution < 1.29 is 14.6 Å². The maximum Gasteiger partial charge on any atom is 0.231 e. The first-order valence-corrected chi connectivity index (χ1v) is 7.30. The summed E-state index contributed by atoms with van der Waals surface area (Å²) in [6, 6.07) is 6.62. The highest BCUT2D eigenvalue weighted by molar-refractivity contribution is 5.44. The van der Waals surface area contributed by atoms with Crippen LogP contribution < -0.4 is 14.8 Å². The molecule has 1 fully saturated rings. The molecule has 0 aliphatic carbocycles. The van der Waals surface area contributed by atoms with Gasteiger partial charge in [-0.25, -0.2) is 0 Å². The summed E-state index contributed by atoms with van der Waals surface area (Å²) >= 11 is 0. The smallest absolute Gasteiger partial charge is 0.231 e. The summed E-state index contributed by atoms with van der Waals surface area (Å²) in [5.74, 6) is 1.64. The van der Waals surface area contributed by atoms with Crippen LogP contribution in [-0.2, 0) is 6.54 Å². The monoisotopic (exact) mass is 278 g/mol. The molecule has 2 N–H and O–H groups in total. The third-order valence-corrected chi connectivity index (χ3v) is 3.90. The second kappa shape index (κ2) is 6.43. The second-order valence-corrected chi connectivity index (χ2v) is 5.44. The van der Waals surface area contributed by atoms with Crippen LogP contribution >= 0.6 is 0 Å². The zero-order valence-corrected chi connectivity index (χ0v) is 11.7. The third-order valence-electron chi connectivity index (χ3n) is 3.90. The first-order valence-electron chi connectivity index (χ1n) is 7.30. The van der Waals surface area contributed by atoms with Gasteiger partial charge >= 0.3 is 0 Å². The van der Waals surface area contributed by atoms with Crippen LogP contribution in [0.25, 0.3) is 0 Å². The van der Waals surface area contributed by atoms with Gasteiger partial charge in [0.1, 0.15) is 0 Å². The fourth-order valence-corrected chi connectivity index (χ4v) is 2.90. The standard InChI is InChI=1S/C15H22N2O3/c18-7-6-17(10-13-2-1-5-16-13)9-12-3-4-14-15(8-12)20-11-19-14/h3-4,8,13,16,18H,1-2,5-7,9-11H2. The van der Waals surface area contributed by atoms with Crippen LogP contribution in [0.2, 0.25) is 0 Å². The van der Waals surface area contributed by atoms with Crippen LogP contribution in [0, 0.1) is 0 Å². The lowest BCUT2D eigenvalue weighted by Gasteiger charge is -2.25. The summed E-state index contributed by atoms with van der Waals surface area (Å²) in [7, 11) is 0. The van der Waals surface area contributed by atoms with E-state index >= 15 is 0 Å². The Kier molecular flexibility index (Phi) is 4.40. The molecule has 0 radical (unpaired) electrons. The van der Waals surface area contributed by atoms with Gasteiger partial charge in [0, 0.05) is 25.7 Å². The van der Waals surface area contributed by atoms with E-state index in [-0.39, 0.29) is 6.61 Å². The Hall–Kier alpha value is -1.30. The van der Waals surface area contributed by atoms with Crippen molar-refractivity contribution in [1.29, 1.82) is 0 Å². The molecular formula is C15H22N2O3. The van der Waals surface area contributed by atoms with E-state index in [0.717, 1.165) is 31.1 Å². The van der Waals surface area contributed by atoms with Crippen molar-refractivity contribution in [1.82, 2.24) is 10.2 Å². The van der Waals surface area contributed by atoms with E-state index < -0.39 is 0 Å². The van der Waals surface area contributed by atoms with Gasteiger partial charge in [0.15, 0.2) is 11.5 Å². The zero-order valence-electron chi connectivity index (χ0n) is 11.7. The predicted octanol–water partition coefficient (Wildman–Crippen LogP) is 0.962. The van der Waals surface area contributed by atoms with Crippen molar-refractivity contribution in [2.24, 2.45) is 0 Å². The zero-order chi connectivity index (χ0) is 13.8. The Bertz CT molecular complexity index is 447. The van der Waals surface area contributed by atoms with Crippen molar-refractivity contribution in [2.75, 3.05) is 33.0 Å². The molecule has 1 atom stereocenters. The molecule has 0 aromatic heterocycles. The van der Waals surface area contributed by atoms with Crippen LogP contribution in [0.3, 0.4) is 0 Å². The summed E-state index contributed by atoms with van der Waals surface area (Å²) in [6.45, 7) is 4.13. The highest BCUT2D eigenvalue weighted by Gasteiger charge is 2.19. The Labute approximate surface area is 119 Å². The van der Waals surface area contributed by atoms with Gasteiger partial charge in [0.25, 0.3) is 0 Å². The fourth-order valence-electron chi connectivity index (χ4n) is 2.90. The number of rotatable bonds is 6. The van der Waals surface area contributed by atoms with E-state index in [9.17, 15) is 5.11 Å². The highest BCUT2D eigenvalue weighted by Crippen LogP contribution is 2.32. The predicted molar refractivity (Wildman–Crippen MR) is 76.0 cm³/mol. The first kappa shape index (κ1) is 13.7. The summed E-state index contributed by atoms with van der Waals surface area (Å²) < 4.78 is 10.7. The molecule has 5 heteroatoms. The number of benzene rings is 1. The molecule has 2 heterocycles. The van der Waals surface area contributed by atoms with Gasteiger partial charge in [-0.05, 0) is 37.1 Å². The molecule has 0 amide bonds. The minimum Gasteiger partial charge on any atom is -0.454 e. The minimum atomic E-state index is 0.192. The highest BCUT2D eigenvalue weighted by atomic mass is 16.7. The number of aliphatic hydroxyl groups is 1. The number of hydrogen-bond donors (Lipinski definition) is 2. The van der Waals surface area contributed by atoms with Crippen molar-refractivity contribution in [3.05, 3.63) is 23.8 Å². The van der Waals surface area contributed by atoms with Crippen LogP contribution in [0.5, 0.6) is 11.5 Å². The van der Waals surface area contributed by atoms with Crippen LogP contribution in [-0.4, -0.2) is 49.1 Å². The molecule has 1 unspecified atom stereocenters. The quantitative estimate of drug-likeness (QED) is 0.812. The summed E-state index contributed by atoms with van der Waals surface area (Å²) in [6.07, 6.45) is 2.48. The first-order chi connectivity index (χ1) is 9.85. The van der Waals surface area contributed by atoms with Gasteiger partial charge in [0.05, 0.1) is 6.61 Å². The average molecular weight is 278 g/mol. The Morgan fingerprint density at radius 2 is 2.20 bits per heavy atom. The Balaban J connectivity index is 1.62. The lowest BCUT2D eigenvalue weighted by Crippen LogP contribution is -2.38. The number of aliphatic hydroxyl groups excluding tert-OH is 1. The molecular weight excluding hydrogens is 256 g/mol. The second-order valence-electron chi connectivity index (χ2n) is 5.44. The molecule has 0 saturated carbocycles. The Morgan fingerprint density at radius 1 is 1.30 bits per heavy atom. The number of fused-ring (bicyclic) bond motifs is 1. The normalized spacial score (nSPS) is 20.8. The van der Waals surface area contributed by atoms with Crippen molar-refractivity contribution in [3.8, 4) is 11.5 Å². The summed E-state index contributed by atoms with van der Waals surface area (Å²) in [5.41, 5.74) is 1.20. The molecule has 1 aromatic rings. The summed E-state index contributed by atoms with van der Waals surface area (Å²) in [4.78, 5) is 2.29. The molecule has 20 heavy (non-hydrogen) atoms. The third kappa shape index (κ3) is 3.23. The van der Waals surface area contributed by atoms with Crippen molar-refractivity contribution >= 4 is 0 Å². The Morgan fingerprint density at radius 3 is 3.00 bits per heavy atom. The largest absolute Gasteiger partial charge is 0.454 e. The van der Waals surface area contributed by atoms with E-state index in [1.807, 2.05) is 12.1 Å². The van der Waals surface area contributed by atoms with E-state index in [0.29, 0.717) is 19.4 Å². The van der Waals surface area contributed by atoms with Crippen molar-refractivity contribution in [3.63, 3.8) is 0 Å². The van der Waals surface area contributed by atoms with Crippen LogP contribution in [0.1, 0.15) is 18.4 Å². The van der Waals surface area contributed by atoms with E-state index in [1.54, 1.807) is 0 Å². The van der Waals surface area contributed by atoms with Gasteiger partial charge in [-0.2, -0.15) is 0 Å². The van der Waals surface area contributed by atoms with Crippen molar-refractivity contribution in [2.45, 2.75) is 25.4 Å². The molecule has 5 nitrogen and oxygen atoms in total. The molecule has 1 aromatic carbocycles. The maximum absolute atomic E-state index is 9.24. The van der Waals surface area contributed by atoms with Gasteiger partial charge < -0.3 is 19.9 Å². The lowest BCUT2D eigenvalue weighted by atomic mass is 10.1. The number of hydrogen-bond acceptors (Lipinski definition) is 5. The SMILES string of the molecule is OCCN(Cc1ccc2c(c1)OCO2)CC1CCCN1. The molecule has 1 saturated heterocycles. The number of ether oxygens (including phenoxy) is 2. The van der Waals surface area contributed by atoms with E-state index in [2.05, 4.69) is 16.3 Å². The van der Waals surface area contributed by atoms with E-state index in [1.165, 1.54) is 18.4 Å². The van der Waals surface area contributed by atoms with Gasteiger partial charge in [0.2, 0.25) is 6.79 Å². The molecule has 0 spiro atoms. The number of nitrogens with zero attached hydrogens (tertiary/aromatic N) is 1. The fraction of sp³-hybridized carbons (Fsp3) is 0.600. The van der Waals surface area contributed by atoms with Gasteiger partial charge in [-0.1, -0.05) is 6.07 Å². The maximum atomic E-state index is 9.24. The van der Waals surface area contributed by atoms with Crippen LogP contribution in [0.15, 0.2) is 18.2 Å². The minimum absolute atomic E-state index is 0.192. The number of nitrogens with one attached hydrogen (secondary N) is 1. The average Bonchev–Trinajstić information content (AvgIpc) is 3.09. The molecule has 2 aliphatic heterocycles. The molecule has 0 bridgehead atoms. The van der Waals surface area contributed by atoms with Crippen LogP contribution in [0.4, 0.5) is 0 Å².